The number of Topliss-reactive ketones (excluding diaryl/α,β-unsaturated/α-hetero) is 1. The van der Waals surface area contributed by atoms with Crippen LogP contribution in [0.15, 0.2) is 23.8 Å². The molecule has 0 heterocycles. The van der Waals surface area contributed by atoms with E-state index in [4.69, 9.17) is 15.3 Å². The maximum atomic E-state index is 12.0. The fourth-order valence-corrected chi connectivity index (χ4v) is 2.02. The van der Waals surface area contributed by atoms with Crippen LogP contribution < -0.4 is 0 Å². The number of carbonyl (C=O) groups is 4. The normalized spacial score (nSPS) is 17.1. The van der Waals surface area contributed by atoms with E-state index in [1.54, 1.807) is 0 Å². The standard InChI is InChI=1S/C13H8O7/c14-10-7-2-1-5(11(15)16)3-6(7)4-8(12(17)18)9(10)13(19)20/h1-4,9H,(H,15,16)(H,17,18)(H,19,20). The average molecular weight is 276 g/mol. The summed E-state index contributed by atoms with van der Waals surface area (Å²) in [6.45, 7) is 0. The molecule has 0 saturated carbocycles. The fourth-order valence-electron chi connectivity index (χ4n) is 2.02. The van der Waals surface area contributed by atoms with Crippen molar-refractivity contribution in [1.29, 1.82) is 0 Å². The molecule has 0 aromatic heterocycles. The van der Waals surface area contributed by atoms with E-state index in [-0.39, 0.29) is 16.7 Å². The summed E-state index contributed by atoms with van der Waals surface area (Å²) in [6.07, 6.45) is 1.02. The second-order valence-electron chi connectivity index (χ2n) is 4.15. The van der Waals surface area contributed by atoms with Crippen LogP contribution in [-0.2, 0) is 9.59 Å². The third-order valence-electron chi connectivity index (χ3n) is 2.94. The maximum absolute atomic E-state index is 12.0. The smallest absolute Gasteiger partial charge is 0.335 e. The maximum Gasteiger partial charge on any atom is 0.335 e. The second kappa shape index (κ2) is 4.61. The highest BCUT2D eigenvalue weighted by molar-refractivity contribution is 6.20. The Hall–Kier alpha value is -2.96. The van der Waals surface area contributed by atoms with Crippen molar-refractivity contribution in [2.75, 3.05) is 0 Å². The first-order valence-corrected chi connectivity index (χ1v) is 5.42. The van der Waals surface area contributed by atoms with Crippen molar-refractivity contribution in [2.45, 2.75) is 0 Å². The van der Waals surface area contributed by atoms with Gasteiger partial charge in [0, 0.05) is 5.56 Å². The zero-order chi connectivity index (χ0) is 15.0. The average Bonchev–Trinajstić information content (AvgIpc) is 2.37. The van der Waals surface area contributed by atoms with Gasteiger partial charge in [-0.2, -0.15) is 0 Å². The summed E-state index contributed by atoms with van der Waals surface area (Å²) in [5.74, 6) is -6.97. The molecule has 3 N–H and O–H groups in total. The summed E-state index contributed by atoms with van der Waals surface area (Å²) in [4.78, 5) is 45.0. The van der Waals surface area contributed by atoms with E-state index in [0.29, 0.717) is 0 Å². The summed E-state index contributed by atoms with van der Waals surface area (Å²) < 4.78 is 0. The summed E-state index contributed by atoms with van der Waals surface area (Å²) in [5, 5.41) is 26.8. The van der Waals surface area contributed by atoms with Gasteiger partial charge in [0.2, 0.25) is 0 Å². The van der Waals surface area contributed by atoms with Gasteiger partial charge in [-0.3, -0.25) is 9.59 Å². The van der Waals surface area contributed by atoms with E-state index < -0.39 is 35.2 Å². The monoisotopic (exact) mass is 276 g/mol. The minimum atomic E-state index is -1.78. The van der Waals surface area contributed by atoms with Gasteiger partial charge in [-0.05, 0) is 29.8 Å². The molecule has 2 rings (SSSR count). The Morgan fingerprint density at radius 1 is 1.00 bits per heavy atom. The number of hydrogen-bond acceptors (Lipinski definition) is 4. The lowest BCUT2D eigenvalue weighted by Gasteiger charge is -2.19. The Labute approximate surface area is 111 Å². The summed E-state index contributed by atoms with van der Waals surface area (Å²) in [7, 11) is 0. The highest BCUT2D eigenvalue weighted by atomic mass is 16.4. The summed E-state index contributed by atoms with van der Waals surface area (Å²) in [5.41, 5.74) is -0.624. The third-order valence-corrected chi connectivity index (χ3v) is 2.94. The largest absolute Gasteiger partial charge is 0.480 e. The van der Waals surface area contributed by atoms with Gasteiger partial charge < -0.3 is 15.3 Å². The Morgan fingerprint density at radius 3 is 2.15 bits per heavy atom. The van der Waals surface area contributed by atoms with Crippen LogP contribution in [0.5, 0.6) is 0 Å². The van der Waals surface area contributed by atoms with Gasteiger partial charge in [-0.15, -0.1) is 0 Å². The number of carbonyl (C=O) groups excluding carboxylic acids is 1. The molecule has 1 unspecified atom stereocenters. The molecule has 1 aliphatic carbocycles. The molecule has 102 valence electrons. The molecule has 0 radical (unpaired) electrons. The Bertz CT molecular complexity index is 684. The van der Waals surface area contributed by atoms with E-state index >= 15 is 0 Å². The van der Waals surface area contributed by atoms with Crippen LogP contribution in [0, 0.1) is 5.92 Å². The fraction of sp³-hybridized carbons (Fsp3) is 0.0769. The quantitative estimate of drug-likeness (QED) is 0.694. The molecule has 0 aliphatic heterocycles. The van der Waals surface area contributed by atoms with Crippen molar-refractivity contribution in [1.82, 2.24) is 0 Å². The molecule has 1 atom stereocenters. The highest BCUT2D eigenvalue weighted by Gasteiger charge is 2.38. The molecule has 0 saturated heterocycles. The van der Waals surface area contributed by atoms with Crippen molar-refractivity contribution in [2.24, 2.45) is 5.92 Å². The topological polar surface area (TPSA) is 129 Å². The first kappa shape index (κ1) is 13.5. The third kappa shape index (κ3) is 2.05. The first-order valence-electron chi connectivity index (χ1n) is 5.42. The van der Waals surface area contributed by atoms with Gasteiger partial charge in [0.1, 0.15) is 0 Å². The molecule has 0 fully saturated rings. The van der Waals surface area contributed by atoms with Crippen LogP contribution >= 0.6 is 0 Å². The van der Waals surface area contributed by atoms with Gasteiger partial charge in [0.15, 0.2) is 11.7 Å². The zero-order valence-corrected chi connectivity index (χ0v) is 9.86. The van der Waals surface area contributed by atoms with Crippen molar-refractivity contribution >= 4 is 29.8 Å². The summed E-state index contributed by atoms with van der Waals surface area (Å²) >= 11 is 0. The molecule has 0 bridgehead atoms. The van der Waals surface area contributed by atoms with Gasteiger partial charge in [-0.25, -0.2) is 9.59 Å². The van der Waals surface area contributed by atoms with Crippen LogP contribution in [0.1, 0.15) is 26.3 Å². The lowest BCUT2D eigenvalue weighted by Crippen LogP contribution is -2.32. The molecule has 20 heavy (non-hydrogen) atoms. The number of hydrogen-bond donors (Lipinski definition) is 3. The second-order valence-corrected chi connectivity index (χ2v) is 4.15. The van der Waals surface area contributed by atoms with Crippen LogP contribution in [-0.4, -0.2) is 39.0 Å². The Kier molecular flexibility index (Phi) is 3.11. The summed E-state index contributed by atoms with van der Waals surface area (Å²) in [6, 6.07) is 3.49. The van der Waals surface area contributed by atoms with Crippen molar-refractivity contribution < 1.29 is 34.5 Å². The lowest BCUT2D eigenvalue weighted by atomic mass is 9.81. The minimum absolute atomic E-state index is 0.00704. The molecule has 1 aromatic rings. The zero-order valence-electron chi connectivity index (χ0n) is 9.86. The van der Waals surface area contributed by atoms with Gasteiger partial charge in [-0.1, -0.05) is 0 Å². The number of benzene rings is 1. The SMILES string of the molecule is O=C(O)C1=Cc2cc(C(=O)O)ccc2C(=O)C1C(=O)O. The minimum Gasteiger partial charge on any atom is -0.480 e. The van der Waals surface area contributed by atoms with E-state index in [1.807, 2.05) is 0 Å². The molecular formula is C13H8O7. The lowest BCUT2D eigenvalue weighted by molar-refractivity contribution is -0.142. The van der Waals surface area contributed by atoms with E-state index in [9.17, 15) is 19.2 Å². The van der Waals surface area contributed by atoms with Crippen LogP contribution in [0.4, 0.5) is 0 Å². The molecule has 0 spiro atoms. The van der Waals surface area contributed by atoms with Gasteiger partial charge in [0.25, 0.3) is 0 Å². The number of fused-ring (bicyclic) bond motifs is 1. The predicted molar refractivity (Wildman–Crippen MR) is 64.5 cm³/mol. The predicted octanol–water partition coefficient (Wildman–Crippen LogP) is 0.750. The number of rotatable bonds is 3. The molecular weight excluding hydrogens is 268 g/mol. The molecule has 1 aromatic carbocycles. The van der Waals surface area contributed by atoms with Crippen molar-refractivity contribution in [3.8, 4) is 0 Å². The number of carboxylic acids is 3. The van der Waals surface area contributed by atoms with Crippen molar-refractivity contribution in [3.63, 3.8) is 0 Å². The molecule has 0 amide bonds. The van der Waals surface area contributed by atoms with Crippen LogP contribution in [0.25, 0.3) is 6.08 Å². The van der Waals surface area contributed by atoms with E-state index in [0.717, 1.165) is 18.2 Å². The first-order chi connectivity index (χ1) is 9.32. The number of carboxylic acid groups (broad SMARTS) is 3. The molecule has 1 aliphatic rings. The highest BCUT2D eigenvalue weighted by Crippen LogP contribution is 2.30. The van der Waals surface area contributed by atoms with E-state index in [1.165, 1.54) is 6.07 Å². The Balaban J connectivity index is 2.67. The van der Waals surface area contributed by atoms with Crippen molar-refractivity contribution in [3.05, 3.63) is 40.5 Å². The van der Waals surface area contributed by atoms with E-state index in [2.05, 4.69) is 0 Å². The van der Waals surface area contributed by atoms with Crippen LogP contribution in [0.3, 0.4) is 0 Å². The Morgan fingerprint density at radius 2 is 1.65 bits per heavy atom. The van der Waals surface area contributed by atoms with Crippen LogP contribution in [0.2, 0.25) is 0 Å². The number of ketones is 1. The number of aliphatic carboxylic acids is 2. The van der Waals surface area contributed by atoms with Gasteiger partial charge >= 0.3 is 17.9 Å². The van der Waals surface area contributed by atoms with Gasteiger partial charge in [0.05, 0.1) is 11.1 Å². The number of aromatic carboxylic acids is 1. The molecule has 7 nitrogen and oxygen atoms in total. The molecule has 7 heteroatoms.